The summed E-state index contributed by atoms with van der Waals surface area (Å²) < 4.78 is 19.5. The Labute approximate surface area is 101 Å². The lowest BCUT2D eigenvalue weighted by Gasteiger charge is -2.39. The SMILES string of the molecule is Fc1cccc(C2CNCC3(CCCC3)O2)c1. The Balaban J connectivity index is 1.79. The third kappa shape index (κ3) is 2.22. The van der Waals surface area contributed by atoms with Crippen molar-refractivity contribution in [3.63, 3.8) is 0 Å². The van der Waals surface area contributed by atoms with Crippen molar-refractivity contribution < 1.29 is 9.13 Å². The van der Waals surface area contributed by atoms with Gasteiger partial charge in [-0.25, -0.2) is 4.39 Å². The quantitative estimate of drug-likeness (QED) is 0.808. The summed E-state index contributed by atoms with van der Waals surface area (Å²) in [7, 11) is 0. The van der Waals surface area contributed by atoms with E-state index in [1.807, 2.05) is 6.07 Å². The van der Waals surface area contributed by atoms with Crippen LogP contribution in [-0.4, -0.2) is 18.7 Å². The number of hydrogen-bond acceptors (Lipinski definition) is 2. The number of hydrogen-bond donors (Lipinski definition) is 1. The molecular formula is C14H18FNO. The highest BCUT2D eigenvalue weighted by molar-refractivity contribution is 5.20. The number of benzene rings is 1. The molecule has 0 aromatic heterocycles. The zero-order valence-corrected chi connectivity index (χ0v) is 9.92. The van der Waals surface area contributed by atoms with E-state index in [1.54, 1.807) is 12.1 Å². The van der Waals surface area contributed by atoms with Crippen LogP contribution >= 0.6 is 0 Å². The standard InChI is InChI=1S/C14H18FNO/c15-12-5-3-4-11(8-12)13-9-16-10-14(17-13)6-1-2-7-14/h3-5,8,13,16H,1-2,6-7,9-10H2. The van der Waals surface area contributed by atoms with Crippen LogP contribution in [0.1, 0.15) is 37.4 Å². The molecule has 0 bridgehead atoms. The van der Waals surface area contributed by atoms with Gasteiger partial charge in [0, 0.05) is 13.1 Å². The summed E-state index contributed by atoms with van der Waals surface area (Å²) in [5.74, 6) is -0.183. The van der Waals surface area contributed by atoms with Crippen molar-refractivity contribution in [1.82, 2.24) is 5.32 Å². The number of halogens is 1. The highest BCUT2D eigenvalue weighted by Crippen LogP contribution is 2.39. The van der Waals surface area contributed by atoms with Gasteiger partial charge >= 0.3 is 0 Å². The van der Waals surface area contributed by atoms with Crippen LogP contribution in [0.3, 0.4) is 0 Å². The minimum atomic E-state index is -0.183. The molecule has 1 aliphatic heterocycles. The van der Waals surface area contributed by atoms with Gasteiger partial charge in [0.2, 0.25) is 0 Å². The molecule has 1 aromatic carbocycles. The van der Waals surface area contributed by atoms with Crippen LogP contribution in [0, 0.1) is 5.82 Å². The molecule has 1 saturated heterocycles. The van der Waals surface area contributed by atoms with Crippen molar-refractivity contribution in [1.29, 1.82) is 0 Å². The smallest absolute Gasteiger partial charge is 0.123 e. The van der Waals surface area contributed by atoms with Gasteiger partial charge in [-0.1, -0.05) is 25.0 Å². The molecular weight excluding hydrogens is 217 g/mol. The van der Waals surface area contributed by atoms with Crippen LogP contribution in [0.25, 0.3) is 0 Å². The van der Waals surface area contributed by atoms with E-state index in [0.717, 1.165) is 31.5 Å². The third-order valence-electron chi connectivity index (χ3n) is 3.90. The Morgan fingerprint density at radius 3 is 2.88 bits per heavy atom. The average Bonchev–Trinajstić information content (AvgIpc) is 2.77. The van der Waals surface area contributed by atoms with Crippen molar-refractivity contribution in [2.75, 3.05) is 13.1 Å². The van der Waals surface area contributed by atoms with E-state index in [1.165, 1.54) is 18.9 Å². The summed E-state index contributed by atoms with van der Waals surface area (Å²) in [6.07, 6.45) is 4.75. The molecule has 2 aliphatic rings. The minimum Gasteiger partial charge on any atom is -0.364 e. The molecule has 1 unspecified atom stereocenters. The van der Waals surface area contributed by atoms with Gasteiger partial charge in [-0.05, 0) is 30.5 Å². The van der Waals surface area contributed by atoms with E-state index in [0.29, 0.717) is 0 Å². The van der Waals surface area contributed by atoms with Crippen molar-refractivity contribution in [3.8, 4) is 0 Å². The van der Waals surface area contributed by atoms with E-state index < -0.39 is 0 Å². The first-order valence-corrected chi connectivity index (χ1v) is 6.41. The van der Waals surface area contributed by atoms with Gasteiger partial charge in [0.25, 0.3) is 0 Å². The first kappa shape index (κ1) is 11.2. The predicted octanol–water partition coefficient (Wildman–Crippen LogP) is 2.80. The summed E-state index contributed by atoms with van der Waals surface area (Å²) in [6, 6.07) is 6.76. The van der Waals surface area contributed by atoms with E-state index in [2.05, 4.69) is 5.32 Å². The second kappa shape index (κ2) is 4.39. The van der Waals surface area contributed by atoms with Gasteiger partial charge in [-0.15, -0.1) is 0 Å². The van der Waals surface area contributed by atoms with E-state index in [-0.39, 0.29) is 17.5 Å². The molecule has 1 heterocycles. The molecule has 1 N–H and O–H groups in total. The van der Waals surface area contributed by atoms with Gasteiger partial charge in [0.1, 0.15) is 5.82 Å². The maximum Gasteiger partial charge on any atom is 0.123 e. The Kier molecular flexibility index (Phi) is 2.89. The molecule has 3 heteroatoms. The first-order chi connectivity index (χ1) is 8.27. The monoisotopic (exact) mass is 235 g/mol. The third-order valence-corrected chi connectivity index (χ3v) is 3.90. The van der Waals surface area contributed by atoms with E-state index in [9.17, 15) is 4.39 Å². The second-order valence-corrected chi connectivity index (χ2v) is 5.18. The number of nitrogens with one attached hydrogen (secondary N) is 1. The summed E-state index contributed by atoms with van der Waals surface area (Å²) in [5, 5.41) is 3.44. The highest BCUT2D eigenvalue weighted by atomic mass is 19.1. The van der Waals surface area contributed by atoms with Gasteiger partial charge in [0.15, 0.2) is 0 Å². The minimum absolute atomic E-state index is 0.00227. The van der Waals surface area contributed by atoms with Gasteiger partial charge in [-0.3, -0.25) is 0 Å². The second-order valence-electron chi connectivity index (χ2n) is 5.18. The van der Waals surface area contributed by atoms with Crippen molar-refractivity contribution in [3.05, 3.63) is 35.6 Å². The lowest BCUT2D eigenvalue weighted by molar-refractivity contribution is -0.114. The summed E-state index contributed by atoms with van der Waals surface area (Å²) in [4.78, 5) is 0. The molecule has 1 atom stereocenters. The maximum absolute atomic E-state index is 13.2. The predicted molar refractivity (Wildman–Crippen MR) is 64.3 cm³/mol. The average molecular weight is 235 g/mol. The largest absolute Gasteiger partial charge is 0.364 e. The highest BCUT2D eigenvalue weighted by Gasteiger charge is 2.40. The van der Waals surface area contributed by atoms with Crippen LogP contribution in [0.5, 0.6) is 0 Å². The fourth-order valence-electron chi connectivity index (χ4n) is 3.02. The molecule has 92 valence electrons. The van der Waals surface area contributed by atoms with Gasteiger partial charge in [-0.2, -0.15) is 0 Å². The van der Waals surface area contributed by atoms with Crippen LogP contribution in [-0.2, 0) is 4.74 Å². The summed E-state index contributed by atoms with van der Waals surface area (Å²) >= 11 is 0. The maximum atomic E-state index is 13.2. The molecule has 17 heavy (non-hydrogen) atoms. The Bertz CT molecular complexity index is 401. The summed E-state index contributed by atoms with van der Waals surface area (Å²) in [6.45, 7) is 1.73. The summed E-state index contributed by atoms with van der Waals surface area (Å²) in [5.41, 5.74) is 0.957. The number of ether oxygens (including phenoxy) is 1. The first-order valence-electron chi connectivity index (χ1n) is 6.41. The lowest BCUT2D eigenvalue weighted by atomic mass is 9.97. The number of morpholine rings is 1. The zero-order valence-electron chi connectivity index (χ0n) is 9.92. The van der Waals surface area contributed by atoms with E-state index >= 15 is 0 Å². The Hall–Kier alpha value is -0.930. The Morgan fingerprint density at radius 2 is 2.12 bits per heavy atom. The fraction of sp³-hybridized carbons (Fsp3) is 0.571. The van der Waals surface area contributed by atoms with Crippen molar-refractivity contribution in [2.24, 2.45) is 0 Å². The lowest BCUT2D eigenvalue weighted by Crippen LogP contribution is -2.49. The molecule has 2 nitrogen and oxygen atoms in total. The molecule has 1 saturated carbocycles. The van der Waals surface area contributed by atoms with Gasteiger partial charge in [0.05, 0.1) is 11.7 Å². The molecule has 0 radical (unpaired) electrons. The zero-order chi connectivity index (χ0) is 11.7. The van der Waals surface area contributed by atoms with Crippen LogP contribution in [0.15, 0.2) is 24.3 Å². The van der Waals surface area contributed by atoms with Crippen LogP contribution in [0.4, 0.5) is 4.39 Å². The van der Waals surface area contributed by atoms with Crippen molar-refractivity contribution in [2.45, 2.75) is 37.4 Å². The molecule has 1 aromatic rings. The molecule has 3 rings (SSSR count). The molecule has 1 spiro atoms. The normalized spacial score (nSPS) is 27.5. The van der Waals surface area contributed by atoms with Crippen LogP contribution in [0.2, 0.25) is 0 Å². The molecule has 1 aliphatic carbocycles. The molecule has 0 amide bonds. The molecule has 2 fully saturated rings. The Morgan fingerprint density at radius 1 is 1.29 bits per heavy atom. The fourth-order valence-corrected chi connectivity index (χ4v) is 3.02. The van der Waals surface area contributed by atoms with E-state index in [4.69, 9.17) is 4.74 Å². The van der Waals surface area contributed by atoms with Gasteiger partial charge < -0.3 is 10.1 Å². The number of rotatable bonds is 1. The van der Waals surface area contributed by atoms with Crippen molar-refractivity contribution >= 4 is 0 Å². The van der Waals surface area contributed by atoms with Crippen LogP contribution < -0.4 is 5.32 Å². The topological polar surface area (TPSA) is 21.3 Å².